The fourth-order valence-corrected chi connectivity index (χ4v) is 6.39. The summed E-state index contributed by atoms with van der Waals surface area (Å²) in [7, 11) is -2.00. The molecule has 2 saturated carbocycles. The quantitative estimate of drug-likeness (QED) is 0.577. The Hall–Kier alpha value is -2.64. The zero-order chi connectivity index (χ0) is 22.7. The Labute approximate surface area is 190 Å². The van der Waals surface area contributed by atoms with Crippen LogP contribution in [0.1, 0.15) is 38.2 Å². The van der Waals surface area contributed by atoms with Crippen LogP contribution in [0.15, 0.2) is 59.5 Å². The molecule has 4 atom stereocenters. The maximum atomic E-state index is 12.8. The topological polar surface area (TPSA) is 84.5 Å². The van der Waals surface area contributed by atoms with Crippen molar-refractivity contribution < 1.29 is 17.9 Å². The zero-order valence-corrected chi connectivity index (χ0v) is 19.3. The molecule has 6 nitrogen and oxygen atoms in total. The molecule has 7 heteroatoms. The second-order valence-corrected chi connectivity index (χ2v) is 10.6. The van der Waals surface area contributed by atoms with Crippen LogP contribution in [0.5, 0.6) is 5.75 Å². The summed E-state index contributed by atoms with van der Waals surface area (Å²) in [5.41, 5.74) is 1.41. The molecule has 0 radical (unpaired) electrons. The second-order valence-electron chi connectivity index (χ2n) is 8.87. The van der Waals surface area contributed by atoms with Gasteiger partial charge in [-0.15, -0.1) is 0 Å². The number of sulfonamides is 1. The van der Waals surface area contributed by atoms with Gasteiger partial charge in [0.2, 0.25) is 15.9 Å². The first kappa shape index (κ1) is 22.6. The van der Waals surface area contributed by atoms with E-state index < -0.39 is 10.0 Å². The average Bonchev–Trinajstić information content (AvgIpc) is 3.42. The maximum absolute atomic E-state index is 12.8. The van der Waals surface area contributed by atoms with Crippen molar-refractivity contribution in [1.82, 2.24) is 4.72 Å². The van der Waals surface area contributed by atoms with Crippen LogP contribution in [0.3, 0.4) is 0 Å². The third-order valence-corrected chi connectivity index (χ3v) is 8.33. The van der Waals surface area contributed by atoms with Gasteiger partial charge in [-0.25, -0.2) is 13.1 Å². The highest BCUT2D eigenvalue weighted by Crippen LogP contribution is 2.49. The van der Waals surface area contributed by atoms with Crippen LogP contribution in [0.4, 0.5) is 5.69 Å². The largest absolute Gasteiger partial charge is 0.497 e. The molecule has 170 valence electrons. The molecule has 0 aliphatic heterocycles. The summed E-state index contributed by atoms with van der Waals surface area (Å²) in [5.74, 6) is 2.32. The fraction of sp³-hybridized carbons (Fsp3) is 0.400. The van der Waals surface area contributed by atoms with E-state index in [2.05, 4.69) is 10.0 Å². The number of amides is 1. The zero-order valence-electron chi connectivity index (χ0n) is 18.5. The minimum Gasteiger partial charge on any atom is -0.497 e. The summed E-state index contributed by atoms with van der Waals surface area (Å²) < 4.78 is 33.6. The Morgan fingerprint density at radius 1 is 1.06 bits per heavy atom. The van der Waals surface area contributed by atoms with Gasteiger partial charge < -0.3 is 10.1 Å². The molecule has 0 aromatic heterocycles. The van der Waals surface area contributed by atoms with E-state index in [1.54, 1.807) is 25.3 Å². The lowest BCUT2D eigenvalue weighted by Crippen LogP contribution is -2.40. The van der Waals surface area contributed by atoms with Gasteiger partial charge in [0.25, 0.3) is 0 Å². The van der Waals surface area contributed by atoms with Crippen molar-refractivity contribution in [3.05, 3.63) is 60.2 Å². The van der Waals surface area contributed by atoms with Gasteiger partial charge in [0.05, 0.1) is 12.0 Å². The first-order valence-corrected chi connectivity index (χ1v) is 12.6. The van der Waals surface area contributed by atoms with E-state index in [0.717, 1.165) is 23.7 Å². The molecular formula is C25H30N2O4S. The number of fused-ring (bicyclic) bond motifs is 2. The van der Waals surface area contributed by atoms with Crippen molar-refractivity contribution in [3.8, 4) is 5.75 Å². The number of benzene rings is 2. The number of nitrogens with one attached hydrogen (secondary N) is 2. The summed E-state index contributed by atoms with van der Waals surface area (Å²) in [6, 6.07) is 13.5. The fourth-order valence-electron chi connectivity index (χ4n) is 5.09. The highest BCUT2D eigenvalue weighted by Gasteiger charge is 2.42. The van der Waals surface area contributed by atoms with Crippen LogP contribution in [-0.2, 0) is 14.8 Å². The average molecular weight is 455 g/mol. The molecule has 0 spiro atoms. The van der Waals surface area contributed by atoms with Crippen LogP contribution in [0.2, 0.25) is 0 Å². The maximum Gasteiger partial charge on any atom is 0.248 e. The predicted molar refractivity (Wildman–Crippen MR) is 126 cm³/mol. The van der Waals surface area contributed by atoms with Crippen LogP contribution < -0.4 is 14.8 Å². The molecular weight excluding hydrogens is 424 g/mol. The third-order valence-electron chi connectivity index (χ3n) is 6.75. The van der Waals surface area contributed by atoms with Gasteiger partial charge in [0.1, 0.15) is 5.75 Å². The minimum atomic E-state index is -3.60. The summed E-state index contributed by atoms with van der Waals surface area (Å²) in [4.78, 5) is 12.4. The van der Waals surface area contributed by atoms with Gasteiger partial charge in [-0.1, -0.05) is 18.6 Å². The van der Waals surface area contributed by atoms with Crippen molar-refractivity contribution >= 4 is 27.7 Å². The van der Waals surface area contributed by atoms with E-state index in [4.69, 9.17) is 4.74 Å². The summed E-state index contributed by atoms with van der Waals surface area (Å²) in [6.07, 6.45) is 8.03. The molecule has 0 saturated heterocycles. The number of methoxy groups -OCH3 is 1. The lowest BCUT2D eigenvalue weighted by atomic mass is 9.84. The summed E-state index contributed by atoms with van der Waals surface area (Å²) >= 11 is 0. The Balaban J connectivity index is 1.33. The van der Waals surface area contributed by atoms with Gasteiger partial charge in [-0.3, -0.25) is 4.79 Å². The van der Waals surface area contributed by atoms with Crippen molar-refractivity contribution in [2.45, 2.75) is 43.5 Å². The van der Waals surface area contributed by atoms with Crippen LogP contribution in [0.25, 0.3) is 6.08 Å². The lowest BCUT2D eigenvalue weighted by molar-refractivity contribution is -0.111. The predicted octanol–water partition coefficient (Wildman–Crippen LogP) is 4.45. The van der Waals surface area contributed by atoms with E-state index in [1.807, 2.05) is 31.2 Å². The monoisotopic (exact) mass is 454 g/mol. The van der Waals surface area contributed by atoms with Gasteiger partial charge in [0, 0.05) is 17.8 Å². The van der Waals surface area contributed by atoms with E-state index in [-0.39, 0.29) is 16.8 Å². The normalized spacial score (nSPS) is 23.4. The molecule has 2 fully saturated rings. The SMILES string of the molecule is COc1ccc(C=CC(=O)Nc2ccc(S(=O)(=O)NC(C)C3CC4CCC3C4)cc2)cc1. The molecule has 2 aromatic carbocycles. The smallest absolute Gasteiger partial charge is 0.248 e. The molecule has 32 heavy (non-hydrogen) atoms. The minimum absolute atomic E-state index is 0.0715. The number of rotatable bonds is 8. The third kappa shape index (κ3) is 5.22. The Morgan fingerprint density at radius 2 is 1.78 bits per heavy atom. The van der Waals surface area contributed by atoms with Crippen molar-refractivity contribution in [2.75, 3.05) is 12.4 Å². The van der Waals surface area contributed by atoms with E-state index in [1.165, 1.54) is 37.5 Å². The summed E-state index contributed by atoms with van der Waals surface area (Å²) in [6.45, 7) is 1.98. The van der Waals surface area contributed by atoms with Crippen LogP contribution >= 0.6 is 0 Å². The highest BCUT2D eigenvalue weighted by atomic mass is 32.2. The van der Waals surface area contributed by atoms with E-state index >= 15 is 0 Å². The molecule has 4 unspecified atom stereocenters. The molecule has 0 heterocycles. The first-order chi connectivity index (χ1) is 15.3. The molecule has 2 aromatic rings. The number of carbonyl (C=O) groups is 1. The Morgan fingerprint density at radius 3 is 2.38 bits per heavy atom. The van der Waals surface area contributed by atoms with Gasteiger partial charge in [-0.2, -0.15) is 0 Å². The van der Waals surface area contributed by atoms with Gasteiger partial charge in [-0.05, 0) is 92.0 Å². The number of hydrogen-bond acceptors (Lipinski definition) is 4. The number of ether oxygens (including phenoxy) is 1. The molecule has 2 aliphatic rings. The Bertz CT molecular complexity index is 1080. The van der Waals surface area contributed by atoms with Crippen LogP contribution in [0, 0.1) is 17.8 Å². The first-order valence-electron chi connectivity index (χ1n) is 11.1. The molecule has 2 bridgehead atoms. The van der Waals surface area contributed by atoms with E-state index in [0.29, 0.717) is 17.5 Å². The van der Waals surface area contributed by atoms with Crippen molar-refractivity contribution in [2.24, 2.45) is 17.8 Å². The number of carbonyl (C=O) groups excluding carboxylic acids is 1. The molecule has 1 amide bonds. The molecule has 2 N–H and O–H groups in total. The number of hydrogen-bond donors (Lipinski definition) is 2. The second kappa shape index (κ2) is 9.46. The molecule has 4 rings (SSSR count). The standard InChI is InChI=1S/C25H30N2O4S/c1-17(24-16-19-3-7-20(24)15-19)27-32(29,30)23-12-8-21(9-13-23)26-25(28)14-6-18-4-10-22(31-2)11-5-18/h4-6,8-14,17,19-20,24,27H,3,7,15-16H2,1-2H3,(H,26,28). The van der Waals surface area contributed by atoms with Crippen molar-refractivity contribution in [3.63, 3.8) is 0 Å². The highest BCUT2D eigenvalue weighted by molar-refractivity contribution is 7.89. The van der Waals surface area contributed by atoms with Crippen molar-refractivity contribution in [1.29, 1.82) is 0 Å². The van der Waals surface area contributed by atoms with Crippen LogP contribution in [-0.4, -0.2) is 27.5 Å². The lowest BCUT2D eigenvalue weighted by Gasteiger charge is -2.28. The Kier molecular flexibility index (Phi) is 6.67. The van der Waals surface area contributed by atoms with E-state index in [9.17, 15) is 13.2 Å². The molecule has 2 aliphatic carbocycles. The summed E-state index contributed by atoms with van der Waals surface area (Å²) in [5, 5.41) is 2.75. The van der Waals surface area contributed by atoms with Gasteiger partial charge >= 0.3 is 0 Å². The van der Waals surface area contributed by atoms with Gasteiger partial charge in [0.15, 0.2) is 0 Å². The number of anilines is 1.